The van der Waals surface area contributed by atoms with Crippen LogP contribution in [0.4, 0.5) is 8.78 Å². The summed E-state index contributed by atoms with van der Waals surface area (Å²) in [5, 5.41) is 4.40. The number of aromatic nitrogens is 2. The summed E-state index contributed by atoms with van der Waals surface area (Å²) in [7, 11) is 0. The quantitative estimate of drug-likeness (QED) is 0.841. The number of rotatable bonds is 4. The molecule has 0 spiro atoms. The molecule has 3 nitrogen and oxygen atoms in total. The molecule has 1 aromatic carbocycles. The van der Waals surface area contributed by atoms with Gasteiger partial charge >= 0.3 is 0 Å². The Labute approximate surface area is 135 Å². The van der Waals surface area contributed by atoms with E-state index >= 15 is 0 Å². The van der Waals surface area contributed by atoms with Gasteiger partial charge in [-0.1, -0.05) is 26.0 Å². The van der Waals surface area contributed by atoms with E-state index in [2.05, 4.69) is 48.1 Å². The zero-order valence-corrected chi connectivity index (χ0v) is 13.7. The van der Waals surface area contributed by atoms with Gasteiger partial charge in [0.15, 0.2) is 0 Å². The first-order chi connectivity index (χ1) is 10.9. The summed E-state index contributed by atoms with van der Waals surface area (Å²) in [4.78, 5) is 2.07. The Hall–Kier alpha value is -1.75. The Morgan fingerprint density at radius 3 is 2.39 bits per heavy atom. The van der Waals surface area contributed by atoms with Gasteiger partial charge in [-0.3, -0.25) is 4.90 Å². The van der Waals surface area contributed by atoms with Crippen molar-refractivity contribution in [1.29, 1.82) is 0 Å². The van der Waals surface area contributed by atoms with E-state index in [-0.39, 0.29) is 12.8 Å². The van der Waals surface area contributed by atoms with Crippen LogP contribution in [-0.2, 0) is 6.54 Å². The highest BCUT2D eigenvalue weighted by atomic mass is 19.3. The molecule has 0 aliphatic carbocycles. The van der Waals surface area contributed by atoms with Crippen LogP contribution in [0.2, 0.25) is 0 Å². The van der Waals surface area contributed by atoms with Gasteiger partial charge in [0, 0.05) is 44.2 Å². The number of alkyl halides is 2. The fraction of sp³-hybridized carbons (Fsp3) is 0.500. The molecule has 23 heavy (non-hydrogen) atoms. The van der Waals surface area contributed by atoms with Crippen molar-refractivity contribution >= 4 is 0 Å². The molecule has 1 aromatic heterocycles. The van der Waals surface area contributed by atoms with Gasteiger partial charge in [0.1, 0.15) is 0 Å². The normalized spacial score (nSPS) is 18.5. The fourth-order valence-corrected chi connectivity index (χ4v) is 2.89. The first-order valence-corrected chi connectivity index (χ1v) is 8.17. The Morgan fingerprint density at radius 1 is 1.13 bits per heavy atom. The first kappa shape index (κ1) is 16.1. The molecule has 1 aliphatic rings. The van der Waals surface area contributed by atoms with Gasteiger partial charge < -0.3 is 0 Å². The van der Waals surface area contributed by atoms with Gasteiger partial charge in [-0.25, -0.2) is 13.5 Å². The van der Waals surface area contributed by atoms with E-state index < -0.39 is 5.92 Å². The van der Waals surface area contributed by atoms with Crippen LogP contribution in [-0.4, -0.2) is 33.7 Å². The molecule has 124 valence electrons. The number of hydrogen-bond donors (Lipinski definition) is 0. The largest absolute Gasteiger partial charge is 0.299 e. The molecule has 2 heterocycles. The lowest BCUT2D eigenvalue weighted by molar-refractivity contribution is -0.0566. The van der Waals surface area contributed by atoms with Crippen molar-refractivity contribution in [3.05, 3.63) is 47.8 Å². The molecule has 2 aromatic rings. The minimum absolute atomic E-state index is 0.0438. The highest BCUT2D eigenvalue weighted by Crippen LogP contribution is 2.28. The predicted octanol–water partition coefficient (Wildman–Crippen LogP) is 4.23. The van der Waals surface area contributed by atoms with E-state index in [0.29, 0.717) is 25.6 Å². The smallest absolute Gasteiger partial charge is 0.250 e. The number of benzene rings is 1. The van der Waals surface area contributed by atoms with E-state index in [4.69, 9.17) is 0 Å². The zero-order chi connectivity index (χ0) is 16.4. The maximum Gasteiger partial charge on any atom is 0.250 e. The summed E-state index contributed by atoms with van der Waals surface area (Å²) in [6.07, 6.45) is 3.72. The summed E-state index contributed by atoms with van der Waals surface area (Å²) >= 11 is 0. The Morgan fingerprint density at radius 2 is 1.78 bits per heavy atom. The number of likely N-dealkylation sites (tertiary alicyclic amines) is 1. The first-order valence-electron chi connectivity index (χ1n) is 8.17. The molecule has 0 bridgehead atoms. The molecule has 5 heteroatoms. The average Bonchev–Trinajstić information content (AvgIpc) is 2.98. The maximum atomic E-state index is 13.2. The maximum absolute atomic E-state index is 13.2. The monoisotopic (exact) mass is 319 g/mol. The molecule has 1 saturated heterocycles. The van der Waals surface area contributed by atoms with E-state index in [1.165, 1.54) is 5.56 Å². The third kappa shape index (κ3) is 3.96. The highest BCUT2D eigenvalue weighted by Gasteiger charge is 2.33. The second-order valence-corrected chi connectivity index (χ2v) is 6.67. The van der Waals surface area contributed by atoms with Crippen LogP contribution in [0.1, 0.15) is 43.7 Å². The molecule has 0 amide bonds. The zero-order valence-electron chi connectivity index (χ0n) is 13.7. The van der Waals surface area contributed by atoms with Gasteiger partial charge in [0.2, 0.25) is 0 Å². The van der Waals surface area contributed by atoms with Gasteiger partial charge in [0.25, 0.3) is 5.92 Å². The van der Waals surface area contributed by atoms with E-state index in [1.807, 2.05) is 17.1 Å². The molecule has 0 atom stereocenters. The van der Waals surface area contributed by atoms with Crippen molar-refractivity contribution in [2.75, 3.05) is 13.1 Å². The molecule has 1 aliphatic heterocycles. The third-order valence-corrected chi connectivity index (χ3v) is 4.45. The SMILES string of the molecule is CC(C)c1ccc(-n2cc(CN3CCC(F)(F)CC3)cn2)cc1. The van der Waals surface area contributed by atoms with Crippen molar-refractivity contribution in [2.24, 2.45) is 0 Å². The topological polar surface area (TPSA) is 21.1 Å². The number of nitrogens with zero attached hydrogens (tertiary/aromatic N) is 3. The van der Waals surface area contributed by atoms with Crippen molar-refractivity contribution in [3.63, 3.8) is 0 Å². The van der Waals surface area contributed by atoms with Crippen LogP contribution < -0.4 is 0 Å². The molecular weight excluding hydrogens is 296 g/mol. The predicted molar refractivity (Wildman–Crippen MR) is 87.1 cm³/mol. The molecular formula is C18H23F2N3. The Bertz CT molecular complexity index is 637. The number of piperidine rings is 1. The van der Waals surface area contributed by atoms with Crippen molar-refractivity contribution < 1.29 is 8.78 Å². The summed E-state index contributed by atoms with van der Waals surface area (Å²) in [6, 6.07) is 8.36. The molecule has 0 saturated carbocycles. The molecule has 3 rings (SSSR count). The van der Waals surface area contributed by atoms with E-state index in [0.717, 1.165) is 11.3 Å². The van der Waals surface area contributed by atoms with Crippen LogP contribution in [0.15, 0.2) is 36.7 Å². The third-order valence-electron chi connectivity index (χ3n) is 4.45. The Kier molecular flexibility index (Phi) is 4.48. The van der Waals surface area contributed by atoms with Crippen LogP contribution >= 0.6 is 0 Å². The van der Waals surface area contributed by atoms with Gasteiger partial charge in [-0.05, 0) is 23.6 Å². The minimum Gasteiger partial charge on any atom is -0.299 e. The lowest BCUT2D eigenvalue weighted by Crippen LogP contribution is -2.38. The van der Waals surface area contributed by atoms with Crippen LogP contribution in [0.5, 0.6) is 0 Å². The van der Waals surface area contributed by atoms with Crippen molar-refractivity contribution in [1.82, 2.24) is 14.7 Å². The Balaban J connectivity index is 1.64. The summed E-state index contributed by atoms with van der Waals surface area (Å²) in [6.45, 7) is 5.91. The second kappa shape index (κ2) is 6.40. The minimum atomic E-state index is -2.49. The molecule has 0 N–H and O–H groups in total. The molecule has 0 unspecified atom stereocenters. The average molecular weight is 319 g/mol. The fourth-order valence-electron chi connectivity index (χ4n) is 2.89. The van der Waals surface area contributed by atoms with Crippen LogP contribution in [0.3, 0.4) is 0 Å². The van der Waals surface area contributed by atoms with E-state index in [9.17, 15) is 8.78 Å². The number of halogens is 2. The van der Waals surface area contributed by atoms with Crippen molar-refractivity contribution in [2.45, 2.75) is 45.1 Å². The van der Waals surface area contributed by atoms with Gasteiger partial charge in [0.05, 0.1) is 11.9 Å². The van der Waals surface area contributed by atoms with Crippen LogP contribution in [0.25, 0.3) is 5.69 Å². The molecule has 1 fully saturated rings. The van der Waals surface area contributed by atoms with E-state index in [1.54, 1.807) is 0 Å². The van der Waals surface area contributed by atoms with Crippen molar-refractivity contribution in [3.8, 4) is 5.69 Å². The lowest BCUT2D eigenvalue weighted by atomic mass is 10.0. The highest BCUT2D eigenvalue weighted by molar-refractivity contribution is 5.35. The van der Waals surface area contributed by atoms with Crippen LogP contribution in [0, 0.1) is 0 Å². The summed E-state index contributed by atoms with van der Waals surface area (Å²) in [5.41, 5.74) is 3.38. The lowest BCUT2D eigenvalue weighted by Gasteiger charge is -2.31. The van der Waals surface area contributed by atoms with Gasteiger partial charge in [-0.2, -0.15) is 5.10 Å². The summed E-state index contributed by atoms with van der Waals surface area (Å²) in [5.74, 6) is -1.98. The second-order valence-electron chi connectivity index (χ2n) is 6.67. The summed E-state index contributed by atoms with van der Waals surface area (Å²) < 4.78 is 28.2. The molecule has 0 radical (unpaired) electrons. The standard InChI is InChI=1S/C18H23F2N3/c1-14(2)16-3-5-17(6-4-16)23-13-15(11-21-23)12-22-9-7-18(19,20)8-10-22/h3-6,11,13-14H,7-10,12H2,1-2H3. The van der Waals surface area contributed by atoms with Gasteiger partial charge in [-0.15, -0.1) is 0 Å². The number of hydrogen-bond acceptors (Lipinski definition) is 2.